The lowest BCUT2D eigenvalue weighted by atomic mass is 9.90. The van der Waals surface area contributed by atoms with E-state index in [1.165, 1.54) is 0 Å². The Balaban J connectivity index is 1.84. The molecule has 0 aromatic heterocycles. The van der Waals surface area contributed by atoms with E-state index < -0.39 is 0 Å². The highest BCUT2D eigenvalue weighted by Gasteiger charge is 2.28. The van der Waals surface area contributed by atoms with Crippen molar-refractivity contribution in [2.24, 2.45) is 4.99 Å². The van der Waals surface area contributed by atoms with Crippen molar-refractivity contribution in [3.8, 4) is 0 Å². The summed E-state index contributed by atoms with van der Waals surface area (Å²) in [4.78, 5) is 8.71. The lowest BCUT2D eigenvalue weighted by molar-refractivity contribution is -0.332. The fourth-order valence-corrected chi connectivity index (χ4v) is 1.25. The second-order valence-electron chi connectivity index (χ2n) is 3.06. The maximum atomic E-state index is 8.96. The number of nitrogens with one attached hydrogen (secondary N) is 1. The molecule has 6 nitrogen and oxygen atoms in total. The van der Waals surface area contributed by atoms with Crippen LogP contribution in [-0.4, -0.2) is 40.1 Å². The molecule has 3 N–H and O–H groups in total. The Morgan fingerprint density at radius 2 is 2.33 bits per heavy atom. The number of aliphatic hydroxyl groups is 1. The molecular formula is C6H11N3O3. The first kappa shape index (κ1) is 7.93. The Kier molecular flexibility index (Phi) is 1.97. The molecule has 2 rings (SSSR count). The largest absolute Gasteiger partial charge is 0.393 e. The van der Waals surface area contributed by atoms with Crippen LogP contribution >= 0.6 is 0 Å². The van der Waals surface area contributed by atoms with E-state index in [0.717, 1.165) is 0 Å². The number of rotatable bonds is 1. The summed E-state index contributed by atoms with van der Waals surface area (Å²) in [7, 11) is 0. The van der Waals surface area contributed by atoms with Crippen molar-refractivity contribution in [2.75, 3.05) is 6.54 Å². The topological polar surface area (TPSA) is 77.3 Å². The van der Waals surface area contributed by atoms with Crippen LogP contribution < -0.4 is 5.48 Å². The Labute approximate surface area is 69.3 Å². The maximum absolute atomic E-state index is 8.96. The summed E-state index contributed by atoms with van der Waals surface area (Å²) in [6.07, 6.45) is 1.21. The van der Waals surface area contributed by atoms with Gasteiger partial charge in [0.25, 0.3) is 0 Å². The average Bonchev–Trinajstić information content (AvgIpc) is 2.33. The Morgan fingerprint density at radius 3 is 2.83 bits per heavy atom. The van der Waals surface area contributed by atoms with Crippen LogP contribution in [0.3, 0.4) is 0 Å². The maximum Gasteiger partial charge on any atom is 0.142 e. The highest BCUT2D eigenvalue weighted by atomic mass is 17.0. The van der Waals surface area contributed by atoms with Gasteiger partial charge < -0.3 is 5.11 Å². The summed E-state index contributed by atoms with van der Waals surface area (Å²) in [5.74, 6) is 0.606. The van der Waals surface area contributed by atoms with Crippen molar-refractivity contribution in [1.29, 1.82) is 0 Å². The van der Waals surface area contributed by atoms with E-state index in [9.17, 15) is 0 Å². The number of aliphatic hydroxyl groups excluding tert-OH is 1. The molecule has 0 spiro atoms. The molecule has 1 aliphatic heterocycles. The van der Waals surface area contributed by atoms with Crippen molar-refractivity contribution in [3.05, 3.63) is 0 Å². The first-order valence-electron chi connectivity index (χ1n) is 3.88. The van der Waals surface area contributed by atoms with Crippen LogP contribution in [0, 0.1) is 0 Å². The minimum absolute atomic E-state index is 0.178. The standard InChI is InChI=1S/C6H11N3O3/c10-5-1-4(2-5)7-6-3-9(11)12-8-6/h4-5,10-11H,1-3H2,(H,7,8). The lowest BCUT2D eigenvalue weighted by Gasteiger charge is -2.27. The minimum Gasteiger partial charge on any atom is -0.393 e. The summed E-state index contributed by atoms with van der Waals surface area (Å²) in [5.41, 5.74) is 2.46. The highest BCUT2D eigenvalue weighted by Crippen LogP contribution is 2.23. The second-order valence-corrected chi connectivity index (χ2v) is 3.06. The number of hydrogen-bond donors (Lipinski definition) is 3. The van der Waals surface area contributed by atoms with E-state index in [2.05, 4.69) is 15.4 Å². The van der Waals surface area contributed by atoms with Gasteiger partial charge in [-0.15, -0.1) is 0 Å². The van der Waals surface area contributed by atoms with Gasteiger partial charge in [0, 0.05) is 0 Å². The molecule has 2 aliphatic rings. The Morgan fingerprint density at radius 1 is 1.58 bits per heavy atom. The van der Waals surface area contributed by atoms with E-state index in [1.54, 1.807) is 0 Å². The zero-order valence-corrected chi connectivity index (χ0v) is 6.47. The van der Waals surface area contributed by atoms with E-state index in [4.69, 9.17) is 10.3 Å². The van der Waals surface area contributed by atoms with Gasteiger partial charge in [0.2, 0.25) is 0 Å². The smallest absolute Gasteiger partial charge is 0.142 e. The lowest BCUT2D eigenvalue weighted by Crippen LogP contribution is -2.33. The molecule has 12 heavy (non-hydrogen) atoms. The van der Waals surface area contributed by atoms with Crippen LogP contribution in [0.2, 0.25) is 0 Å². The summed E-state index contributed by atoms with van der Waals surface area (Å²) >= 11 is 0. The minimum atomic E-state index is -0.202. The summed E-state index contributed by atoms with van der Waals surface area (Å²) < 4.78 is 0. The fourth-order valence-electron chi connectivity index (χ4n) is 1.25. The highest BCUT2D eigenvalue weighted by molar-refractivity contribution is 5.84. The second kappa shape index (κ2) is 2.98. The summed E-state index contributed by atoms with van der Waals surface area (Å²) in [6.45, 7) is 0.257. The normalized spacial score (nSPS) is 39.7. The number of aliphatic imine (C=N–C) groups is 1. The quantitative estimate of drug-likeness (QED) is 0.476. The van der Waals surface area contributed by atoms with Crippen LogP contribution in [0.15, 0.2) is 4.99 Å². The molecule has 0 aromatic rings. The Bertz CT molecular complexity index is 202. The van der Waals surface area contributed by atoms with Gasteiger partial charge in [0.1, 0.15) is 12.4 Å². The first-order chi connectivity index (χ1) is 5.74. The van der Waals surface area contributed by atoms with Crippen molar-refractivity contribution >= 4 is 5.84 Å². The predicted octanol–water partition coefficient (Wildman–Crippen LogP) is -0.951. The van der Waals surface area contributed by atoms with Crippen LogP contribution in [0.5, 0.6) is 0 Å². The number of hydroxylamine groups is 3. The molecule has 1 saturated heterocycles. The van der Waals surface area contributed by atoms with E-state index >= 15 is 0 Å². The van der Waals surface area contributed by atoms with Crippen molar-refractivity contribution in [1.82, 2.24) is 10.7 Å². The summed E-state index contributed by atoms with van der Waals surface area (Å²) in [6, 6.07) is 0.178. The molecular weight excluding hydrogens is 162 g/mol. The molecule has 1 saturated carbocycles. The molecule has 6 heteroatoms. The van der Waals surface area contributed by atoms with Gasteiger partial charge in [-0.2, -0.15) is 4.94 Å². The number of nitrogens with zero attached hydrogens (tertiary/aromatic N) is 2. The molecule has 1 heterocycles. The van der Waals surface area contributed by atoms with Crippen molar-refractivity contribution in [2.45, 2.75) is 25.0 Å². The van der Waals surface area contributed by atoms with Gasteiger partial charge in [-0.25, -0.2) is 5.48 Å². The van der Waals surface area contributed by atoms with Crippen molar-refractivity contribution in [3.63, 3.8) is 0 Å². The zero-order chi connectivity index (χ0) is 8.55. The van der Waals surface area contributed by atoms with Crippen LogP contribution in [0.25, 0.3) is 0 Å². The monoisotopic (exact) mass is 173 g/mol. The zero-order valence-electron chi connectivity index (χ0n) is 6.47. The molecule has 0 aromatic carbocycles. The van der Waals surface area contributed by atoms with E-state index in [1.807, 2.05) is 0 Å². The Hall–Kier alpha value is -0.690. The average molecular weight is 173 g/mol. The first-order valence-corrected chi connectivity index (χ1v) is 3.88. The third kappa shape index (κ3) is 1.56. The summed E-state index contributed by atoms with van der Waals surface area (Å²) in [5, 5.41) is 18.4. The fraction of sp³-hybridized carbons (Fsp3) is 0.833. The van der Waals surface area contributed by atoms with Gasteiger partial charge in [-0.3, -0.25) is 10.2 Å². The molecule has 0 amide bonds. The van der Waals surface area contributed by atoms with Crippen molar-refractivity contribution < 1.29 is 15.3 Å². The third-order valence-corrected chi connectivity index (χ3v) is 1.98. The van der Waals surface area contributed by atoms with Crippen LogP contribution in [0.1, 0.15) is 12.8 Å². The molecule has 2 fully saturated rings. The molecule has 1 aliphatic carbocycles. The van der Waals surface area contributed by atoms with Gasteiger partial charge in [-0.05, 0) is 18.1 Å². The number of hydrogen-bond acceptors (Lipinski definition) is 5. The van der Waals surface area contributed by atoms with Gasteiger partial charge >= 0.3 is 0 Å². The molecule has 0 bridgehead atoms. The molecule has 68 valence electrons. The SMILES string of the molecule is OC1CC(N=C2CN(O)ON2)C1. The molecule has 0 unspecified atom stereocenters. The number of amidine groups is 1. The van der Waals surface area contributed by atoms with Gasteiger partial charge in [0.15, 0.2) is 0 Å². The van der Waals surface area contributed by atoms with Gasteiger partial charge in [0.05, 0.1) is 12.1 Å². The molecule has 0 radical (unpaired) electrons. The molecule has 0 atom stereocenters. The van der Waals surface area contributed by atoms with Gasteiger partial charge in [-0.1, -0.05) is 0 Å². The predicted molar refractivity (Wildman–Crippen MR) is 39.2 cm³/mol. The van der Waals surface area contributed by atoms with E-state index in [-0.39, 0.29) is 18.7 Å². The third-order valence-electron chi connectivity index (χ3n) is 1.98. The van der Waals surface area contributed by atoms with E-state index in [0.29, 0.717) is 23.9 Å². The van der Waals surface area contributed by atoms with Crippen LogP contribution in [0.4, 0.5) is 0 Å². The van der Waals surface area contributed by atoms with Crippen LogP contribution in [-0.2, 0) is 4.94 Å².